The fourth-order valence-corrected chi connectivity index (χ4v) is 4.42. The maximum Gasteiger partial charge on any atom is 0.223 e. The summed E-state index contributed by atoms with van der Waals surface area (Å²) in [6, 6.07) is 4.64. The van der Waals surface area contributed by atoms with E-state index in [0.717, 1.165) is 25.7 Å². The minimum Gasteiger partial charge on any atom is -0.486 e. The fraction of sp³-hybridized carbons (Fsp3) is 0.591. The molecule has 152 valence electrons. The smallest absolute Gasteiger partial charge is 0.223 e. The normalized spacial score (nSPS) is 28.0. The fourth-order valence-electron chi connectivity index (χ4n) is 4.42. The molecule has 5 nitrogen and oxygen atoms in total. The summed E-state index contributed by atoms with van der Waals surface area (Å²) in [5, 5.41) is 14.0. The van der Waals surface area contributed by atoms with Crippen LogP contribution in [-0.2, 0) is 4.79 Å². The third-order valence-corrected chi connectivity index (χ3v) is 6.31. The average Bonchev–Trinajstić information content (AvgIpc) is 3.05. The Bertz CT molecular complexity index is 842. The number of benzene rings is 1. The van der Waals surface area contributed by atoms with Crippen LogP contribution >= 0.6 is 0 Å². The van der Waals surface area contributed by atoms with E-state index in [-0.39, 0.29) is 29.8 Å². The van der Waals surface area contributed by atoms with Crippen LogP contribution in [0.5, 0.6) is 5.75 Å². The van der Waals surface area contributed by atoms with Gasteiger partial charge in [0.2, 0.25) is 5.91 Å². The van der Waals surface area contributed by atoms with Crippen molar-refractivity contribution < 1.29 is 23.4 Å². The van der Waals surface area contributed by atoms with Crippen LogP contribution in [0.4, 0.5) is 4.39 Å². The number of carbonyl (C=O) groups excluding carboxylic acids is 1. The van der Waals surface area contributed by atoms with Gasteiger partial charge < -0.3 is 19.6 Å². The second-order valence-corrected chi connectivity index (χ2v) is 8.86. The number of aliphatic hydroxyl groups is 1. The first-order chi connectivity index (χ1) is 13.3. The Morgan fingerprint density at radius 3 is 2.64 bits per heavy atom. The molecule has 1 heterocycles. The number of rotatable bonds is 5. The van der Waals surface area contributed by atoms with Crippen molar-refractivity contribution in [3.8, 4) is 5.75 Å². The van der Waals surface area contributed by atoms with Crippen LogP contribution in [0.2, 0.25) is 0 Å². The molecular formula is C22H28FNO4. The summed E-state index contributed by atoms with van der Waals surface area (Å²) < 4.78 is 25.0. The van der Waals surface area contributed by atoms with Gasteiger partial charge in [-0.3, -0.25) is 4.79 Å². The van der Waals surface area contributed by atoms with Gasteiger partial charge in [0.05, 0.1) is 11.9 Å². The molecule has 2 fully saturated rings. The number of halogens is 1. The van der Waals surface area contributed by atoms with E-state index in [1.807, 2.05) is 13.8 Å². The second kappa shape index (κ2) is 7.39. The molecule has 1 amide bonds. The number of hydrogen-bond donors (Lipinski definition) is 2. The Hall–Kier alpha value is -2.08. The summed E-state index contributed by atoms with van der Waals surface area (Å²) in [4.78, 5) is 12.5. The average molecular weight is 389 g/mol. The maximum atomic E-state index is 13.7. The van der Waals surface area contributed by atoms with Crippen LogP contribution in [-0.4, -0.2) is 28.8 Å². The second-order valence-electron chi connectivity index (χ2n) is 8.86. The minimum atomic E-state index is -0.649. The van der Waals surface area contributed by atoms with Crippen molar-refractivity contribution >= 4 is 16.9 Å². The predicted octanol–water partition coefficient (Wildman–Crippen LogP) is 4.18. The molecule has 28 heavy (non-hydrogen) atoms. The molecule has 2 aromatic rings. The van der Waals surface area contributed by atoms with E-state index in [1.165, 1.54) is 18.4 Å². The first-order valence-corrected chi connectivity index (χ1v) is 10.2. The standard InChI is InChI=1S/C22H28FNO4/c1-22(2,26)15-3-5-17(6-4-15)24-21(25)14-10-18(11-14)28-19-12-16(23)9-13-7-8-27-20(13)19/h7-9,12,14-15,17-18,26H,3-6,10-11H2,1-2H3,(H,24,25). The van der Waals surface area contributed by atoms with Crippen molar-refractivity contribution in [3.05, 3.63) is 30.3 Å². The lowest BCUT2D eigenvalue weighted by Gasteiger charge is -2.38. The van der Waals surface area contributed by atoms with Gasteiger partial charge in [-0.2, -0.15) is 0 Å². The van der Waals surface area contributed by atoms with Crippen molar-refractivity contribution in [2.45, 2.75) is 70.1 Å². The van der Waals surface area contributed by atoms with E-state index >= 15 is 0 Å². The molecule has 0 bridgehead atoms. The monoisotopic (exact) mass is 389 g/mol. The molecule has 0 aliphatic heterocycles. The third-order valence-electron chi connectivity index (χ3n) is 6.31. The molecular weight excluding hydrogens is 361 g/mol. The highest BCUT2D eigenvalue weighted by Crippen LogP contribution is 2.36. The van der Waals surface area contributed by atoms with E-state index in [4.69, 9.17) is 9.15 Å². The molecule has 2 aliphatic carbocycles. The first kappa shape index (κ1) is 19.2. The number of amides is 1. The maximum absolute atomic E-state index is 13.7. The van der Waals surface area contributed by atoms with Gasteiger partial charge in [-0.1, -0.05) is 0 Å². The molecule has 1 aromatic heterocycles. The van der Waals surface area contributed by atoms with Gasteiger partial charge in [-0.25, -0.2) is 4.39 Å². The number of nitrogens with one attached hydrogen (secondary N) is 1. The molecule has 4 rings (SSSR count). The Kier molecular flexibility index (Phi) is 5.08. The predicted molar refractivity (Wildman–Crippen MR) is 103 cm³/mol. The van der Waals surface area contributed by atoms with Gasteiger partial charge in [0.15, 0.2) is 11.3 Å². The van der Waals surface area contributed by atoms with Gasteiger partial charge in [0.1, 0.15) is 11.9 Å². The van der Waals surface area contributed by atoms with Gasteiger partial charge >= 0.3 is 0 Å². The molecule has 1 aromatic carbocycles. The molecule has 0 radical (unpaired) electrons. The number of fused-ring (bicyclic) bond motifs is 1. The Labute approximate surface area is 164 Å². The van der Waals surface area contributed by atoms with Crippen LogP contribution < -0.4 is 10.1 Å². The minimum absolute atomic E-state index is 0.0577. The topological polar surface area (TPSA) is 71.7 Å². The van der Waals surface area contributed by atoms with E-state index in [9.17, 15) is 14.3 Å². The molecule has 6 heteroatoms. The van der Waals surface area contributed by atoms with E-state index < -0.39 is 5.60 Å². The van der Waals surface area contributed by atoms with Crippen molar-refractivity contribution in [2.75, 3.05) is 0 Å². The van der Waals surface area contributed by atoms with Crippen molar-refractivity contribution in [3.63, 3.8) is 0 Å². The zero-order chi connectivity index (χ0) is 19.9. The molecule has 2 saturated carbocycles. The molecule has 0 unspecified atom stereocenters. The summed E-state index contributed by atoms with van der Waals surface area (Å²) >= 11 is 0. The molecule has 0 saturated heterocycles. The van der Waals surface area contributed by atoms with Crippen LogP contribution in [0.1, 0.15) is 52.4 Å². The molecule has 2 N–H and O–H groups in total. The van der Waals surface area contributed by atoms with E-state index in [0.29, 0.717) is 35.5 Å². The SMILES string of the molecule is CC(C)(O)C1CCC(NC(=O)C2CC(Oc3cc(F)cc4ccoc34)C2)CC1. The number of ether oxygens (including phenoxy) is 1. The van der Waals surface area contributed by atoms with Crippen LogP contribution in [0, 0.1) is 17.7 Å². The summed E-state index contributed by atoms with van der Waals surface area (Å²) in [6.07, 6.45) is 6.36. The highest BCUT2D eigenvalue weighted by atomic mass is 19.1. The number of carbonyl (C=O) groups is 1. The summed E-state index contributed by atoms with van der Waals surface area (Å²) in [6.45, 7) is 3.72. The zero-order valence-corrected chi connectivity index (χ0v) is 16.4. The van der Waals surface area contributed by atoms with Crippen molar-refractivity contribution in [2.24, 2.45) is 11.8 Å². The third kappa shape index (κ3) is 4.02. The summed E-state index contributed by atoms with van der Waals surface area (Å²) in [5.74, 6) is 0.353. The molecule has 0 atom stereocenters. The quantitative estimate of drug-likeness (QED) is 0.805. The van der Waals surface area contributed by atoms with Crippen LogP contribution in [0.15, 0.2) is 28.9 Å². The van der Waals surface area contributed by atoms with Gasteiger partial charge in [-0.15, -0.1) is 0 Å². The van der Waals surface area contributed by atoms with Gasteiger partial charge in [-0.05, 0) is 70.4 Å². The Balaban J connectivity index is 1.25. The molecule has 2 aliphatic rings. The van der Waals surface area contributed by atoms with E-state index in [2.05, 4.69) is 5.32 Å². The lowest BCUT2D eigenvalue weighted by molar-refractivity contribution is -0.131. The van der Waals surface area contributed by atoms with Crippen LogP contribution in [0.3, 0.4) is 0 Å². The Morgan fingerprint density at radius 2 is 1.96 bits per heavy atom. The highest BCUT2D eigenvalue weighted by molar-refractivity contribution is 5.83. The Morgan fingerprint density at radius 1 is 1.25 bits per heavy atom. The lowest BCUT2D eigenvalue weighted by Crippen LogP contribution is -2.48. The summed E-state index contributed by atoms with van der Waals surface area (Å²) in [7, 11) is 0. The lowest BCUT2D eigenvalue weighted by atomic mass is 9.76. The van der Waals surface area contributed by atoms with Gasteiger partial charge in [0, 0.05) is 23.4 Å². The van der Waals surface area contributed by atoms with E-state index in [1.54, 1.807) is 6.07 Å². The van der Waals surface area contributed by atoms with Crippen molar-refractivity contribution in [1.82, 2.24) is 5.32 Å². The first-order valence-electron chi connectivity index (χ1n) is 10.2. The van der Waals surface area contributed by atoms with Crippen LogP contribution in [0.25, 0.3) is 11.0 Å². The summed E-state index contributed by atoms with van der Waals surface area (Å²) in [5.41, 5.74) is -0.109. The number of hydrogen-bond acceptors (Lipinski definition) is 4. The largest absolute Gasteiger partial charge is 0.486 e. The molecule has 0 spiro atoms. The zero-order valence-electron chi connectivity index (χ0n) is 16.4. The highest BCUT2D eigenvalue weighted by Gasteiger charge is 2.38. The van der Waals surface area contributed by atoms with Gasteiger partial charge in [0.25, 0.3) is 0 Å². The number of furan rings is 1. The van der Waals surface area contributed by atoms with Crippen molar-refractivity contribution in [1.29, 1.82) is 0 Å².